The van der Waals surface area contributed by atoms with E-state index in [1.54, 1.807) is 11.3 Å². The molecule has 96 valence electrons. The summed E-state index contributed by atoms with van der Waals surface area (Å²) in [5.41, 5.74) is -0.745. The lowest BCUT2D eigenvalue weighted by Gasteiger charge is -2.20. The Hall–Kier alpha value is -0.0600. The van der Waals surface area contributed by atoms with Crippen LogP contribution in [0.5, 0.6) is 0 Å². The molecule has 17 heavy (non-hydrogen) atoms. The van der Waals surface area contributed by atoms with Gasteiger partial charge >= 0.3 is 0 Å². The van der Waals surface area contributed by atoms with Crippen molar-refractivity contribution in [2.75, 3.05) is 0 Å². The molecule has 1 aliphatic rings. The van der Waals surface area contributed by atoms with E-state index in [2.05, 4.69) is 4.98 Å². The molecule has 4 heteroatoms. The SMILES string of the molecule is CC(C)(O)c1cnc(CSC2CCCCC2)s1. The van der Waals surface area contributed by atoms with Gasteiger partial charge in [0.2, 0.25) is 0 Å². The summed E-state index contributed by atoms with van der Waals surface area (Å²) in [7, 11) is 0. The van der Waals surface area contributed by atoms with Crippen molar-refractivity contribution in [2.24, 2.45) is 0 Å². The monoisotopic (exact) mass is 271 g/mol. The maximum atomic E-state index is 9.88. The number of rotatable bonds is 4. The summed E-state index contributed by atoms with van der Waals surface area (Å²) in [6, 6.07) is 0. The molecule has 1 fully saturated rings. The van der Waals surface area contributed by atoms with Gasteiger partial charge in [-0.15, -0.1) is 11.3 Å². The third-order valence-electron chi connectivity index (χ3n) is 3.15. The van der Waals surface area contributed by atoms with Crippen molar-refractivity contribution >= 4 is 23.1 Å². The largest absolute Gasteiger partial charge is 0.385 e. The Morgan fingerprint density at radius 2 is 2.12 bits per heavy atom. The molecule has 0 bridgehead atoms. The molecule has 0 spiro atoms. The fourth-order valence-electron chi connectivity index (χ4n) is 2.08. The fraction of sp³-hybridized carbons (Fsp3) is 0.769. The van der Waals surface area contributed by atoms with Crippen LogP contribution in [0.25, 0.3) is 0 Å². The second-order valence-corrected chi connectivity index (χ2v) is 7.65. The standard InChI is InChI=1S/C13H21NOS2/c1-13(2,15)11-8-14-12(17-11)9-16-10-6-4-3-5-7-10/h8,10,15H,3-7,9H2,1-2H3. The Morgan fingerprint density at radius 1 is 1.41 bits per heavy atom. The highest BCUT2D eigenvalue weighted by Gasteiger charge is 2.20. The molecular weight excluding hydrogens is 250 g/mol. The van der Waals surface area contributed by atoms with Gasteiger partial charge in [0.15, 0.2) is 0 Å². The first-order chi connectivity index (χ1) is 8.05. The molecule has 0 aliphatic heterocycles. The first-order valence-electron chi connectivity index (χ1n) is 6.35. The molecule has 1 aromatic heterocycles. The molecule has 1 saturated carbocycles. The summed E-state index contributed by atoms with van der Waals surface area (Å²) < 4.78 is 0. The second-order valence-electron chi connectivity index (χ2n) is 5.25. The van der Waals surface area contributed by atoms with Crippen molar-refractivity contribution in [3.05, 3.63) is 16.1 Å². The highest BCUT2D eigenvalue weighted by atomic mass is 32.2. The second kappa shape index (κ2) is 5.72. The van der Waals surface area contributed by atoms with Crippen molar-refractivity contribution < 1.29 is 5.11 Å². The van der Waals surface area contributed by atoms with Gasteiger partial charge in [0.1, 0.15) is 5.01 Å². The fourth-order valence-corrected chi connectivity index (χ4v) is 4.35. The van der Waals surface area contributed by atoms with E-state index in [9.17, 15) is 5.11 Å². The number of nitrogens with zero attached hydrogens (tertiary/aromatic N) is 1. The van der Waals surface area contributed by atoms with E-state index in [-0.39, 0.29) is 0 Å². The molecular formula is C13H21NOS2. The van der Waals surface area contributed by atoms with E-state index in [1.165, 1.54) is 32.1 Å². The molecule has 1 heterocycles. The quantitative estimate of drug-likeness (QED) is 0.900. The summed E-state index contributed by atoms with van der Waals surface area (Å²) in [5, 5.41) is 11.9. The molecule has 1 aromatic rings. The van der Waals surface area contributed by atoms with Crippen LogP contribution in [0.4, 0.5) is 0 Å². The summed E-state index contributed by atoms with van der Waals surface area (Å²) in [4.78, 5) is 5.37. The maximum absolute atomic E-state index is 9.88. The molecule has 1 aliphatic carbocycles. The molecule has 0 unspecified atom stereocenters. The molecule has 2 nitrogen and oxygen atoms in total. The Labute approximate surface area is 112 Å². The van der Waals surface area contributed by atoms with Gasteiger partial charge in [-0.05, 0) is 26.7 Å². The van der Waals surface area contributed by atoms with Gasteiger partial charge in [-0.2, -0.15) is 11.8 Å². The Balaban J connectivity index is 1.84. The molecule has 0 radical (unpaired) electrons. The average molecular weight is 271 g/mol. The van der Waals surface area contributed by atoms with Crippen LogP contribution in [0.1, 0.15) is 55.8 Å². The van der Waals surface area contributed by atoms with Gasteiger partial charge < -0.3 is 5.11 Å². The van der Waals surface area contributed by atoms with Crippen molar-refractivity contribution in [3.8, 4) is 0 Å². The van der Waals surface area contributed by atoms with Gasteiger partial charge in [0, 0.05) is 17.2 Å². The van der Waals surface area contributed by atoms with Crippen molar-refractivity contribution in [1.82, 2.24) is 4.98 Å². The van der Waals surface area contributed by atoms with Crippen LogP contribution < -0.4 is 0 Å². The van der Waals surface area contributed by atoms with Gasteiger partial charge in [-0.25, -0.2) is 4.98 Å². The lowest BCUT2D eigenvalue weighted by molar-refractivity contribution is 0.0823. The summed E-state index contributed by atoms with van der Waals surface area (Å²) >= 11 is 3.69. The van der Waals surface area contributed by atoms with E-state index in [0.717, 1.165) is 20.9 Å². The molecule has 2 rings (SSSR count). The zero-order valence-corrected chi connectivity index (χ0v) is 12.2. The number of hydrogen-bond donors (Lipinski definition) is 1. The molecule has 0 amide bonds. The third kappa shape index (κ3) is 3.97. The molecule has 0 saturated heterocycles. The van der Waals surface area contributed by atoms with Crippen LogP contribution in [0, 0.1) is 0 Å². The first kappa shape index (κ1) is 13.4. The van der Waals surface area contributed by atoms with Crippen LogP contribution in [0.15, 0.2) is 6.20 Å². The Morgan fingerprint density at radius 3 is 2.71 bits per heavy atom. The number of aromatic nitrogens is 1. The lowest BCUT2D eigenvalue weighted by atomic mass is 10.0. The minimum absolute atomic E-state index is 0.745. The van der Waals surface area contributed by atoms with Crippen LogP contribution >= 0.6 is 23.1 Å². The van der Waals surface area contributed by atoms with E-state index in [4.69, 9.17) is 0 Å². The average Bonchev–Trinajstić information content (AvgIpc) is 2.76. The van der Waals surface area contributed by atoms with Crippen LogP contribution in [0.2, 0.25) is 0 Å². The maximum Gasteiger partial charge on any atom is 0.103 e. The number of hydrogen-bond acceptors (Lipinski definition) is 4. The minimum Gasteiger partial charge on any atom is -0.385 e. The Bertz CT molecular complexity index is 351. The molecule has 0 aromatic carbocycles. The number of thiazole rings is 1. The summed E-state index contributed by atoms with van der Waals surface area (Å²) in [6.45, 7) is 3.64. The van der Waals surface area contributed by atoms with Crippen LogP contribution in [-0.4, -0.2) is 15.3 Å². The molecule has 0 atom stereocenters. The number of aliphatic hydroxyl groups is 1. The third-order valence-corrected chi connectivity index (χ3v) is 6.03. The van der Waals surface area contributed by atoms with Gasteiger partial charge in [-0.1, -0.05) is 19.3 Å². The zero-order chi connectivity index (χ0) is 12.3. The first-order valence-corrected chi connectivity index (χ1v) is 8.21. The zero-order valence-electron chi connectivity index (χ0n) is 10.6. The topological polar surface area (TPSA) is 33.1 Å². The minimum atomic E-state index is -0.745. The van der Waals surface area contributed by atoms with Gasteiger partial charge in [0.25, 0.3) is 0 Å². The smallest absolute Gasteiger partial charge is 0.103 e. The van der Waals surface area contributed by atoms with Crippen molar-refractivity contribution in [3.63, 3.8) is 0 Å². The normalized spacial score (nSPS) is 18.5. The van der Waals surface area contributed by atoms with Crippen molar-refractivity contribution in [2.45, 2.75) is 62.6 Å². The lowest BCUT2D eigenvalue weighted by Crippen LogP contribution is -2.12. The highest BCUT2D eigenvalue weighted by Crippen LogP contribution is 2.33. The van der Waals surface area contributed by atoms with Crippen LogP contribution in [0.3, 0.4) is 0 Å². The van der Waals surface area contributed by atoms with Crippen LogP contribution in [-0.2, 0) is 11.4 Å². The number of thioether (sulfide) groups is 1. The highest BCUT2D eigenvalue weighted by molar-refractivity contribution is 7.99. The predicted molar refractivity (Wildman–Crippen MR) is 75.5 cm³/mol. The van der Waals surface area contributed by atoms with Gasteiger partial charge in [0.05, 0.1) is 10.5 Å². The van der Waals surface area contributed by atoms with E-state index in [0.29, 0.717) is 0 Å². The molecule has 1 N–H and O–H groups in total. The van der Waals surface area contributed by atoms with E-state index < -0.39 is 5.60 Å². The van der Waals surface area contributed by atoms with E-state index >= 15 is 0 Å². The summed E-state index contributed by atoms with van der Waals surface area (Å²) in [6.07, 6.45) is 8.76. The summed E-state index contributed by atoms with van der Waals surface area (Å²) in [5.74, 6) is 1.01. The predicted octanol–water partition coefficient (Wildman–Crippen LogP) is 3.94. The van der Waals surface area contributed by atoms with E-state index in [1.807, 2.05) is 31.8 Å². The van der Waals surface area contributed by atoms with Gasteiger partial charge in [-0.3, -0.25) is 0 Å². The van der Waals surface area contributed by atoms with Crippen molar-refractivity contribution in [1.29, 1.82) is 0 Å². The Kier molecular flexibility index (Phi) is 4.50.